The van der Waals surface area contributed by atoms with Crippen LogP contribution in [0.25, 0.3) is 11.4 Å². The van der Waals surface area contributed by atoms with Crippen molar-refractivity contribution < 1.29 is 13.9 Å². The van der Waals surface area contributed by atoms with Gasteiger partial charge in [0, 0.05) is 11.6 Å². The van der Waals surface area contributed by atoms with Crippen LogP contribution in [-0.2, 0) is 11.3 Å². The van der Waals surface area contributed by atoms with Gasteiger partial charge >= 0.3 is 0 Å². The molecule has 2 aromatic heterocycles. The van der Waals surface area contributed by atoms with E-state index in [9.17, 15) is 4.79 Å². The van der Waals surface area contributed by atoms with Crippen molar-refractivity contribution in [1.29, 1.82) is 0 Å². The van der Waals surface area contributed by atoms with E-state index in [1.165, 1.54) is 37.4 Å². The first-order chi connectivity index (χ1) is 16.5. The summed E-state index contributed by atoms with van der Waals surface area (Å²) in [5, 5.41) is 12.6. The zero-order valence-electron chi connectivity index (χ0n) is 19.9. The van der Waals surface area contributed by atoms with Crippen molar-refractivity contribution in [2.75, 3.05) is 7.11 Å². The minimum atomic E-state index is -0.293. The largest absolute Gasteiger partial charge is 0.497 e. The zero-order chi connectivity index (χ0) is 23.7. The first-order valence-electron chi connectivity index (χ1n) is 12.1. The highest BCUT2D eigenvalue weighted by molar-refractivity contribution is 8.00. The van der Waals surface area contributed by atoms with Crippen molar-refractivity contribution in [2.45, 2.75) is 62.5 Å². The van der Waals surface area contributed by atoms with E-state index in [1.54, 1.807) is 13.4 Å². The monoisotopic (exact) mass is 480 g/mol. The molecule has 2 fully saturated rings. The van der Waals surface area contributed by atoms with E-state index in [4.69, 9.17) is 9.15 Å². The molecule has 180 valence electrons. The van der Waals surface area contributed by atoms with Gasteiger partial charge in [0.2, 0.25) is 5.91 Å². The number of thioether (sulfide) groups is 1. The van der Waals surface area contributed by atoms with E-state index in [2.05, 4.69) is 22.4 Å². The van der Waals surface area contributed by atoms with Crippen molar-refractivity contribution in [3.05, 3.63) is 48.4 Å². The van der Waals surface area contributed by atoms with Gasteiger partial charge in [-0.2, -0.15) is 0 Å². The SMILES string of the molecule is COc1cccc(-c2nnc(SC(C)C(=O)NC(C)C3CC4CCC3C4)n2Cc2ccco2)c1. The van der Waals surface area contributed by atoms with Crippen molar-refractivity contribution in [3.8, 4) is 17.1 Å². The van der Waals surface area contributed by atoms with Gasteiger partial charge in [-0.15, -0.1) is 10.2 Å². The molecule has 34 heavy (non-hydrogen) atoms. The summed E-state index contributed by atoms with van der Waals surface area (Å²) in [5.41, 5.74) is 0.896. The Morgan fingerprint density at radius 3 is 2.82 bits per heavy atom. The first kappa shape index (κ1) is 23.0. The van der Waals surface area contributed by atoms with Crippen molar-refractivity contribution in [3.63, 3.8) is 0 Å². The molecule has 5 rings (SSSR count). The number of aromatic nitrogens is 3. The molecular formula is C26H32N4O3S. The van der Waals surface area contributed by atoms with Gasteiger partial charge in [-0.05, 0) is 75.1 Å². The van der Waals surface area contributed by atoms with Crippen LogP contribution in [0.4, 0.5) is 0 Å². The second-order valence-corrected chi connectivity index (χ2v) is 10.9. The normalized spacial score (nSPS) is 23.1. The Bertz CT molecular complexity index is 1130. The lowest BCUT2D eigenvalue weighted by Gasteiger charge is -2.29. The van der Waals surface area contributed by atoms with Crippen molar-refractivity contribution >= 4 is 17.7 Å². The first-order valence-corrected chi connectivity index (χ1v) is 13.0. The lowest BCUT2D eigenvalue weighted by Crippen LogP contribution is -2.43. The number of amides is 1. The molecule has 1 N–H and O–H groups in total. The summed E-state index contributed by atoms with van der Waals surface area (Å²) in [6, 6.07) is 11.7. The Kier molecular flexibility index (Phi) is 6.68. The summed E-state index contributed by atoms with van der Waals surface area (Å²) in [4.78, 5) is 13.1. The van der Waals surface area contributed by atoms with E-state index in [-0.39, 0.29) is 17.2 Å². The molecule has 0 radical (unpaired) electrons. The Morgan fingerprint density at radius 1 is 1.24 bits per heavy atom. The number of hydrogen-bond donors (Lipinski definition) is 1. The molecule has 5 atom stereocenters. The summed E-state index contributed by atoms with van der Waals surface area (Å²) in [5.74, 6) is 4.58. The van der Waals surface area contributed by atoms with E-state index < -0.39 is 0 Å². The number of carbonyl (C=O) groups is 1. The third-order valence-electron chi connectivity index (χ3n) is 7.40. The highest BCUT2D eigenvalue weighted by Gasteiger charge is 2.42. The number of hydrogen-bond acceptors (Lipinski definition) is 6. The van der Waals surface area contributed by atoms with Crippen molar-refractivity contribution in [2.24, 2.45) is 17.8 Å². The van der Waals surface area contributed by atoms with E-state index >= 15 is 0 Å². The quantitative estimate of drug-likeness (QED) is 0.433. The van der Waals surface area contributed by atoms with Crippen LogP contribution in [0, 0.1) is 17.8 Å². The molecule has 2 aliphatic carbocycles. The number of furan rings is 1. The van der Waals surface area contributed by atoms with Gasteiger partial charge < -0.3 is 14.5 Å². The molecular weight excluding hydrogens is 448 g/mol. The fourth-order valence-electron chi connectivity index (χ4n) is 5.62. The predicted octanol–water partition coefficient (Wildman–Crippen LogP) is 5.02. The van der Waals surface area contributed by atoms with Gasteiger partial charge in [0.15, 0.2) is 11.0 Å². The number of fused-ring (bicyclic) bond motifs is 2. The molecule has 2 heterocycles. The van der Waals surface area contributed by atoms with Gasteiger partial charge in [-0.1, -0.05) is 30.3 Å². The second-order valence-electron chi connectivity index (χ2n) is 9.60. The van der Waals surface area contributed by atoms with Crippen LogP contribution in [0.15, 0.2) is 52.2 Å². The topological polar surface area (TPSA) is 82.2 Å². The van der Waals surface area contributed by atoms with Gasteiger partial charge in [0.05, 0.1) is 25.2 Å². The van der Waals surface area contributed by atoms with E-state index in [0.717, 1.165) is 28.9 Å². The molecule has 2 aliphatic rings. The third kappa shape index (κ3) is 4.73. The molecule has 0 spiro atoms. The van der Waals surface area contributed by atoms with Crippen LogP contribution in [0.1, 0.15) is 45.3 Å². The van der Waals surface area contributed by atoms with E-state index in [0.29, 0.717) is 23.4 Å². The average Bonchev–Trinajstić information content (AvgIpc) is 3.65. The third-order valence-corrected chi connectivity index (χ3v) is 8.48. The van der Waals surface area contributed by atoms with Gasteiger partial charge in [0.1, 0.15) is 11.5 Å². The zero-order valence-corrected chi connectivity index (χ0v) is 20.8. The minimum Gasteiger partial charge on any atom is -0.497 e. The van der Waals surface area contributed by atoms with Crippen LogP contribution in [0.2, 0.25) is 0 Å². The fraction of sp³-hybridized carbons (Fsp3) is 0.500. The highest BCUT2D eigenvalue weighted by atomic mass is 32.2. The standard InChI is InChI=1S/C26H32N4O3S/c1-16(23-13-18-9-10-19(23)12-18)27-25(31)17(2)34-26-29-28-24(20-6-4-7-21(14-20)32-3)30(26)15-22-8-5-11-33-22/h4-8,11,14,16-19,23H,9-10,12-13,15H2,1-3H3,(H,27,31). The number of nitrogens with zero attached hydrogens (tertiary/aromatic N) is 3. The lowest BCUT2D eigenvalue weighted by atomic mass is 9.84. The predicted molar refractivity (Wildman–Crippen MR) is 132 cm³/mol. The number of ether oxygens (including phenoxy) is 1. The van der Waals surface area contributed by atoms with Gasteiger partial charge in [0.25, 0.3) is 0 Å². The van der Waals surface area contributed by atoms with Crippen molar-refractivity contribution in [1.82, 2.24) is 20.1 Å². The number of rotatable bonds is 9. The molecule has 8 heteroatoms. The van der Waals surface area contributed by atoms with Crippen LogP contribution >= 0.6 is 11.8 Å². The Morgan fingerprint density at radius 2 is 2.12 bits per heavy atom. The molecule has 2 bridgehead atoms. The number of methoxy groups -OCH3 is 1. The maximum Gasteiger partial charge on any atom is 0.233 e. The summed E-state index contributed by atoms with van der Waals surface area (Å²) in [7, 11) is 1.64. The molecule has 0 aliphatic heterocycles. The maximum atomic E-state index is 13.1. The summed E-state index contributed by atoms with van der Waals surface area (Å²) < 4.78 is 13.0. The molecule has 2 saturated carbocycles. The maximum absolute atomic E-state index is 13.1. The Balaban J connectivity index is 1.33. The Labute approximate surface area is 204 Å². The average molecular weight is 481 g/mol. The highest BCUT2D eigenvalue weighted by Crippen LogP contribution is 2.49. The van der Waals surface area contributed by atoms with E-state index in [1.807, 2.05) is 47.9 Å². The summed E-state index contributed by atoms with van der Waals surface area (Å²) in [6.07, 6.45) is 6.95. The molecule has 1 amide bonds. The lowest BCUT2D eigenvalue weighted by molar-refractivity contribution is -0.121. The molecule has 7 nitrogen and oxygen atoms in total. The number of benzene rings is 1. The second kappa shape index (κ2) is 9.86. The number of nitrogens with one attached hydrogen (secondary N) is 1. The van der Waals surface area contributed by atoms with Gasteiger partial charge in [-0.3, -0.25) is 9.36 Å². The molecule has 1 aromatic carbocycles. The molecule has 0 saturated heterocycles. The number of carbonyl (C=O) groups excluding carboxylic acids is 1. The summed E-state index contributed by atoms with van der Waals surface area (Å²) >= 11 is 1.43. The molecule has 5 unspecified atom stereocenters. The fourth-order valence-corrected chi connectivity index (χ4v) is 6.48. The smallest absolute Gasteiger partial charge is 0.233 e. The summed E-state index contributed by atoms with van der Waals surface area (Å²) in [6.45, 7) is 4.58. The van der Waals surface area contributed by atoms with Crippen LogP contribution < -0.4 is 10.1 Å². The van der Waals surface area contributed by atoms with Crippen LogP contribution in [0.3, 0.4) is 0 Å². The minimum absolute atomic E-state index is 0.0516. The van der Waals surface area contributed by atoms with Crippen LogP contribution in [-0.4, -0.2) is 39.1 Å². The van der Waals surface area contributed by atoms with Gasteiger partial charge in [-0.25, -0.2) is 0 Å². The molecule has 3 aromatic rings. The van der Waals surface area contributed by atoms with Crippen LogP contribution in [0.5, 0.6) is 5.75 Å². The Hall–Kier alpha value is -2.74.